The van der Waals surface area contributed by atoms with Gasteiger partial charge >= 0.3 is 0 Å². The van der Waals surface area contributed by atoms with Crippen LogP contribution in [-0.4, -0.2) is 42.0 Å². The van der Waals surface area contributed by atoms with Crippen molar-refractivity contribution in [1.82, 2.24) is 9.80 Å². The lowest BCUT2D eigenvalue weighted by molar-refractivity contribution is 0.0985. The van der Waals surface area contributed by atoms with Gasteiger partial charge in [-0.15, -0.1) is 0 Å². The topological polar surface area (TPSA) is 32.5 Å². The van der Waals surface area contributed by atoms with Gasteiger partial charge in [-0.2, -0.15) is 0 Å². The molecule has 2 saturated heterocycles. The van der Waals surface area contributed by atoms with Gasteiger partial charge in [0.05, 0.1) is 0 Å². The minimum atomic E-state index is -0.106. The number of benzene rings is 1. The van der Waals surface area contributed by atoms with Crippen molar-refractivity contribution < 1.29 is 4.39 Å². The minimum absolute atomic E-state index is 0.106. The quantitative estimate of drug-likeness (QED) is 0.898. The van der Waals surface area contributed by atoms with E-state index in [1.807, 2.05) is 6.07 Å². The van der Waals surface area contributed by atoms with Crippen LogP contribution in [0.3, 0.4) is 0 Å². The summed E-state index contributed by atoms with van der Waals surface area (Å²) in [7, 11) is 0. The van der Waals surface area contributed by atoms with Crippen molar-refractivity contribution in [2.24, 2.45) is 5.73 Å². The normalized spacial score (nSPS) is 24.6. The van der Waals surface area contributed by atoms with Gasteiger partial charge in [-0.05, 0) is 31.0 Å². The molecule has 0 spiro atoms. The van der Waals surface area contributed by atoms with Gasteiger partial charge in [-0.25, -0.2) is 4.39 Å². The standard InChI is InChI=1S/C15H22FN3/c16-15-4-3-12(9-17)8-13(15)10-18-6-7-19-5-1-2-14(19)11-18/h3-4,8,14H,1-2,5-7,9-11,17H2. The average Bonchev–Trinajstić information content (AvgIpc) is 2.89. The predicted octanol–water partition coefficient (Wildman–Crippen LogP) is 1.56. The molecular formula is C15H22FN3. The fraction of sp³-hybridized carbons (Fsp3) is 0.600. The van der Waals surface area contributed by atoms with Crippen LogP contribution < -0.4 is 5.73 Å². The molecule has 0 aromatic heterocycles. The van der Waals surface area contributed by atoms with E-state index in [2.05, 4.69) is 9.80 Å². The Labute approximate surface area is 114 Å². The summed E-state index contributed by atoms with van der Waals surface area (Å²) in [5.41, 5.74) is 7.43. The maximum absolute atomic E-state index is 13.9. The predicted molar refractivity (Wildman–Crippen MR) is 74.2 cm³/mol. The van der Waals surface area contributed by atoms with E-state index in [-0.39, 0.29) is 5.82 Å². The lowest BCUT2D eigenvalue weighted by Gasteiger charge is -2.37. The first-order valence-electron chi connectivity index (χ1n) is 7.20. The molecule has 0 bridgehead atoms. The van der Waals surface area contributed by atoms with Crippen LogP contribution in [0.5, 0.6) is 0 Å². The lowest BCUT2D eigenvalue weighted by atomic mass is 10.1. The SMILES string of the molecule is NCc1ccc(F)c(CN2CCN3CCCC3C2)c1. The van der Waals surface area contributed by atoms with E-state index in [0.717, 1.165) is 30.8 Å². The molecule has 104 valence electrons. The molecule has 2 aliphatic heterocycles. The fourth-order valence-corrected chi connectivity index (χ4v) is 3.32. The van der Waals surface area contributed by atoms with Crippen molar-refractivity contribution in [2.45, 2.75) is 32.0 Å². The van der Waals surface area contributed by atoms with Gasteiger partial charge in [0, 0.05) is 44.3 Å². The highest BCUT2D eigenvalue weighted by Crippen LogP contribution is 2.23. The Morgan fingerprint density at radius 3 is 3.00 bits per heavy atom. The van der Waals surface area contributed by atoms with E-state index in [4.69, 9.17) is 5.73 Å². The van der Waals surface area contributed by atoms with Gasteiger partial charge in [0.2, 0.25) is 0 Å². The molecular weight excluding hydrogens is 241 g/mol. The monoisotopic (exact) mass is 263 g/mol. The number of rotatable bonds is 3. The second-order valence-corrected chi connectivity index (χ2v) is 5.70. The van der Waals surface area contributed by atoms with Crippen molar-refractivity contribution in [3.05, 3.63) is 35.1 Å². The van der Waals surface area contributed by atoms with E-state index in [9.17, 15) is 4.39 Å². The van der Waals surface area contributed by atoms with Crippen molar-refractivity contribution in [3.8, 4) is 0 Å². The van der Waals surface area contributed by atoms with Crippen molar-refractivity contribution in [2.75, 3.05) is 26.2 Å². The Kier molecular flexibility index (Phi) is 3.82. The molecule has 2 aliphatic rings. The Balaban J connectivity index is 1.68. The highest BCUT2D eigenvalue weighted by atomic mass is 19.1. The molecule has 2 N–H and O–H groups in total. The summed E-state index contributed by atoms with van der Waals surface area (Å²) >= 11 is 0. The molecule has 3 nitrogen and oxygen atoms in total. The lowest BCUT2D eigenvalue weighted by Crippen LogP contribution is -2.49. The summed E-state index contributed by atoms with van der Waals surface area (Å²) < 4.78 is 13.9. The van der Waals surface area contributed by atoms with Crippen LogP contribution in [0.4, 0.5) is 4.39 Å². The molecule has 0 amide bonds. The van der Waals surface area contributed by atoms with Gasteiger partial charge in [0.25, 0.3) is 0 Å². The van der Waals surface area contributed by atoms with Crippen molar-refractivity contribution in [1.29, 1.82) is 0 Å². The van der Waals surface area contributed by atoms with Crippen LogP contribution in [0.1, 0.15) is 24.0 Å². The molecule has 0 saturated carbocycles. The van der Waals surface area contributed by atoms with Crippen LogP contribution in [0.2, 0.25) is 0 Å². The highest BCUT2D eigenvalue weighted by molar-refractivity contribution is 5.25. The first kappa shape index (κ1) is 13.0. The Morgan fingerprint density at radius 2 is 2.16 bits per heavy atom. The molecule has 0 aliphatic carbocycles. The molecule has 1 atom stereocenters. The average molecular weight is 263 g/mol. The number of halogens is 1. The van der Waals surface area contributed by atoms with Crippen LogP contribution in [0.15, 0.2) is 18.2 Å². The number of piperazine rings is 1. The summed E-state index contributed by atoms with van der Waals surface area (Å²) in [6.07, 6.45) is 2.61. The molecule has 1 aromatic rings. The first-order valence-corrected chi connectivity index (χ1v) is 7.20. The summed E-state index contributed by atoms with van der Waals surface area (Å²) in [5.74, 6) is -0.106. The molecule has 4 heteroatoms. The zero-order chi connectivity index (χ0) is 13.2. The van der Waals surface area contributed by atoms with Gasteiger partial charge < -0.3 is 5.73 Å². The maximum Gasteiger partial charge on any atom is 0.127 e. The molecule has 2 heterocycles. The Hall–Kier alpha value is -0.970. The molecule has 1 aromatic carbocycles. The Morgan fingerprint density at radius 1 is 1.26 bits per heavy atom. The second-order valence-electron chi connectivity index (χ2n) is 5.70. The third kappa shape index (κ3) is 2.81. The van der Waals surface area contributed by atoms with Gasteiger partial charge in [-0.1, -0.05) is 12.1 Å². The number of hydrogen-bond donors (Lipinski definition) is 1. The van der Waals surface area contributed by atoms with E-state index in [1.54, 1.807) is 12.1 Å². The van der Waals surface area contributed by atoms with Gasteiger partial charge in [0.15, 0.2) is 0 Å². The van der Waals surface area contributed by atoms with Crippen LogP contribution in [0, 0.1) is 5.82 Å². The molecule has 3 rings (SSSR count). The largest absolute Gasteiger partial charge is 0.326 e. The van der Waals surface area contributed by atoms with E-state index in [1.165, 1.54) is 19.4 Å². The molecule has 2 fully saturated rings. The third-order valence-electron chi connectivity index (χ3n) is 4.41. The van der Waals surface area contributed by atoms with Crippen LogP contribution in [-0.2, 0) is 13.1 Å². The third-order valence-corrected chi connectivity index (χ3v) is 4.41. The maximum atomic E-state index is 13.9. The zero-order valence-electron chi connectivity index (χ0n) is 11.3. The fourth-order valence-electron chi connectivity index (χ4n) is 3.32. The minimum Gasteiger partial charge on any atom is -0.326 e. The first-order chi connectivity index (χ1) is 9.26. The summed E-state index contributed by atoms with van der Waals surface area (Å²) in [4.78, 5) is 4.95. The summed E-state index contributed by atoms with van der Waals surface area (Å²) in [5, 5.41) is 0. The summed E-state index contributed by atoms with van der Waals surface area (Å²) in [6.45, 7) is 5.68. The number of fused-ring (bicyclic) bond motifs is 1. The number of nitrogens with zero attached hydrogens (tertiary/aromatic N) is 2. The summed E-state index contributed by atoms with van der Waals surface area (Å²) in [6, 6.07) is 5.92. The highest BCUT2D eigenvalue weighted by Gasteiger charge is 2.30. The molecule has 0 radical (unpaired) electrons. The van der Waals surface area contributed by atoms with Crippen molar-refractivity contribution >= 4 is 0 Å². The molecule has 1 unspecified atom stereocenters. The van der Waals surface area contributed by atoms with E-state index >= 15 is 0 Å². The van der Waals surface area contributed by atoms with Gasteiger partial charge in [-0.3, -0.25) is 9.80 Å². The van der Waals surface area contributed by atoms with Gasteiger partial charge in [0.1, 0.15) is 5.82 Å². The van der Waals surface area contributed by atoms with E-state index < -0.39 is 0 Å². The zero-order valence-corrected chi connectivity index (χ0v) is 11.3. The van der Waals surface area contributed by atoms with Crippen molar-refractivity contribution in [3.63, 3.8) is 0 Å². The van der Waals surface area contributed by atoms with Crippen LogP contribution >= 0.6 is 0 Å². The number of nitrogens with two attached hydrogens (primary N) is 1. The smallest absolute Gasteiger partial charge is 0.127 e. The van der Waals surface area contributed by atoms with Crippen LogP contribution in [0.25, 0.3) is 0 Å². The molecule has 19 heavy (non-hydrogen) atoms. The number of hydrogen-bond acceptors (Lipinski definition) is 3. The second kappa shape index (κ2) is 5.57. The Bertz CT molecular complexity index is 449. The van der Waals surface area contributed by atoms with E-state index in [0.29, 0.717) is 19.1 Å².